The van der Waals surface area contributed by atoms with Gasteiger partial charge in [0.25, 0.3) is 0 Å². The Balaban J connectivity index is 2.51. The smallest absolute Gasteiger partial charge is 0.192 e. The maximum Gasteiger partial charge on any atom is 0.192 e. The maximum atomic E-state index is 13.3. The zero-order valence-electron chi connectivity index (χ0n) is 5.94. The van der Waals surface area contributed by atoms with Crippen molar-refractivity contribution in [3.05, 3.63) is 12.3 Å². The largest absolute Gasteiger partial charge is 0.359 e. The molecule has 10 heavy (non-hydrogen) atoms. The van der Waals surface area contributed by atoms with Crippen LogP contribution in [-0.2, 0) is 0 Å². The van der Waals surface area contributed by atoms with Crippen LogP contribution in [0, 0.1) is 0 Å². The van der Waals surface area contributed by atoms with Gasteiger partial charge in [-0.2, -0.15) is 0 Å². The first-order valence-corrected chi connectivity index (χ1v) is 3.58. The van der Waals surface area contributed by atoms with Gasteiger partial charge in [-0.1, -0.05) is 6.08 Å². The Bertz CT molecular complexity index is 136. The Morgan fingerprint density at radius 1 is 1.70 bits per heavy atom. The standard InChI is InChI=1S/C7H13FN2/c8-7(6-9)4-2-1-3-5-10-7/h3,5,10H,1-2,4,6,9H2. The summed E-state index contributed by atoms with van der Waals surface area (Å²) in [6, 6.07) is 0. The van der Waals surface area contributed by atoms with Gasteiger partial charge in [-0.25, -0.2) is 4.39 Å². The average molecular weight is 144 g/mol. The maximum absolute atomic E-state index is 13.3. The summed E-state index contributed by atoms with van der Waals surface area (Å²) in [4.78, 5) is 0. The normalized spacial score (nSPS) is 33.0. The van der Waals surface area contributed by atoms with E-state index in [9.17, 15) is 4.39 Å². The lowest BCUT2D eigenvalue weighted by atomic mass is 10.1. The fourth-order valence-electron chi connectivity index (χ4n) is 1.02. The lowest BCUT2D eigenvalue weighted by molar-refractivity contribution is 0.133. The van der Waals surface area contributed by atoms with Gasteiger partial charge in [0.15, 0.2) is 5.79 Å². The molecule has 0 aliphatic carbocycles. The zero-order chi connectivity index (χ0) is 7.45. The Kier molecular flexibility index (Phi) is 2.27. The van der Waals surface area contributed by atoms with Crippen LogP contribution in [0.3, 0.4) is 0 Å². The van der Waals surface area contributed by atoms with E-state index in [-0.39, 0.29) is 6.54 Å². The van der Waals surface area contributed by atoms with Crippen molar-refractivity contribution in [2.75, 3.05) is 6.54 Å². The summed E-state index contributed by atoms with van der Waals surface area (Å²) in [6.45, 7) is 0.0529. The van der Waals surface area contributed by atoms with Crippen LogP contribution in [0.4, 0.5) is 4.39 Å². The Morgan fingerprint density at radius 3 is 3.20 bits per heavy atom. The highest BCUT2D eigenvalue weighted by Crippen LogP contribution is 2.17. The third-order valence-corrected chi connectivity index (χ3v) is 1.73. The van der Waals surface area contributed by atoms with Crippen molar-refractivity contribution in [1.29, 1.82) is 0 Å². The SMILES string of the molecule is NCC1(F)CCCC=CN1. The molecule has 58 valence electrons. The lowest BCUT2D eigenvalue weighted by Gasteiger charge is -2.21. The highest BCUT2D eigenvalue weighted by molar-refractivity contribution is 4.92. The number of allylic oxidation sites excluding steroid dienone is 1. The van der Waals surface area contributed by atoms with Crippen molar-refractivity contribution in [2.45, 2.75) is 25.1 Å². The second-order valence-electron chi connectivity index (χ2n) is 2.61. The molecule has 3 N–H and O–H groups in total. The summed E-state index contributed by atoms with van der Waals surface area (Å²) in [7, 11) is 0. The lowest BCUT2D eigenvalue weighted by Crippen LogP contribution is -2.43. The van der Waals surface area contributed by atoms with Crippen LogP contribution >= 0.6 is 0 Å². The highest BCUT2D eigenvalue weighted by atomic mass is 19.1. The molecule has 0 fully saturated rings. The van der Waals surface area contributed by atoms with Crippen molar-refractivity contribution in [2.24, 2.45) is 5.73 Å². The molecule has 0 aromatic carbocycles. The molecular weight excluding hydrogens is 131 g/mol. The Labute approximate surface area is 60.3 Å². The third kappa shape index (κ3) is 1.70. The third-order valence-electron chi connectivity index (χ3n) is 1.73. The number of hydrogen-bond acceptors (Lipinski definition) is 2. The molecule has 1 unspecified atom stereocenters. The van der Waals surface area contributed by atoms with Crippen molar-refractivity contribution >= 4 is 0 Å². The summed E-state index contributed by atoms with van der Waals surface area (Å²) < 4.78 is 13.3. The van der Waals surface area contributed by atoms with Crippen molar-refractivity contribution in [3.8, 4) is 0 Å². The molecule has 3 heteroatoms. The van der Waals surface area contributed by atoms with Gasteiger partial charge in [0.05, 0.1) is 0 Å². The van der Waals surface area contributed by atoms with Gasteiger partial charge in [0.1, 0.15) is 0 Å². The van der Waals surface area contributed by atoms with Crippen LogP contribution in [-0.4, -0.2) is 12.3 Å². The number of alkyl halides is 1. The van der Waals surface area contributed by atoms with E-state index in [1.165, 1.54) is 0 Å². The molecule has 0 bridgehead atoms. The van der Waals surface area contributed by atoms with Gasteiger partial charge in [-0.15, -0.1) is 0 Å². The van der Waals surface area contributed by atoms with E-state index in [4.69, 9.17) is 5.73 Å². The van der Waals surface area contributed by atoms with E-state index >= 15 is 0 Å². The second kappa shape index (κ2) is 3.01. The van der Waals surface area contributed by atoms with Gasteiger partial charge in [0, 0.05) is 13.0 Å². The first-order valence-electron chi connectivity index (χ1n) is 3.58. The molecule has 0 aromatic rings. The van der Waals surface area contributed by atoms with Gasteiger partial charge in [-0.3, -0.25) is 0 Å². The van der Waals surface area contributed by atoms with Gasteiger partial charge in [-0.05, 0) is 19.0 Å². The quantitative estimate of drug-likeness (QED) is 0.536. The number of rotatable bonds is 1. The van der Waals surface area contributed by atoms with Crippen LogP contribution in [0.1, 0.15) is 19.3 Å². The van der Waals surface area contributed by atoms with Crippen LogP contribution in [0.15, 0.2) is 12.3 Å². The molecule has 1 atom stereocenters. The first-order chi connectivity index (χ1) is 4.77. The molecule has 1 aliphatic rings. The molecule has 0 aromatic heterocycles. The monoisotopic (exact) mass is 144 g/mol. The van der Waals surface area contributed by atoms with E-state index in [2.05, 4.69) is 5.32 Å². The van der Waals surface area contributed by atoms with E-state index in [0.29, 0.717) is 6.42 Å². The molecule has 2 nitrogen and oxygen atoms in total. The number of nitrogens with one attached hydrogen (secondary N) is 1. The molecule has 1 aliphatic heterocycles. The minimum atomic E-state index is -1.35. The summed E-state index contributed by atoms with van der Waals surface area (Å²) in [5.74, 6) is -1.35. The molecule has 1 rings (SSSR count). The van der Waals surface area contributed by atoms with Gasteiger partial charge < -0.3 is 11.1 Å². The predicted octanol–water partition coefficient (Wildman–Crippen LogP) is 0.898. The summed E-state index contributed by atoms with van der Waals surface area (Å²) in [5.41, 5.74) is 5.24. The molecule has 0 spiro atoms. The van der Waals surface area contributed by atoms with Crippen molar-refractivity contribution in [1.82, 2.24) is 5.32 Å². The minimum absolute atomic E-state index is 0.0529. The van der Waals surface area contributed by atoms with Crippen molar-refractivity contribution in [3.63, 3.8) is 0 Å². The van der Waals surface area contributed by atoms with Crippen molar-refractivity contribution < 1.29 is 4.39 Å². The topological polar surface area (TPSA) is 38.0 Å². The first kappa shape index (κ1) is 7.54. The zero-order valence-corrected chi connectivity index (χ0v) is 5.94. The number of halogens is 1. The molecule has 0 saturated carbocycles. The molecule has 1 heterocycles. The minimum Gasteiger partial charge on any atom is -0.359 e. The molecule has 0 radical (unpaired) electrons. The average Bonchev–Trinajstić information content (AvgIpc) is 2.15. The Hall–Kier alpha value is -0.570. The van der Waals surface area contributed by atoms with Crippen LogP contribution in [0.2, 0.25) is 0 Å². The molecule has 0 amide bonds. The molecule has 0 saturated heterocycles. The number of nitrogens with two attached hydrogens (primary N) is 1. The fraction of sp³-hybridized carbons (Fsp3) is 0.714. The fourth-order valence-corrected chi connectivity index (χ4v) is 1.02. The Morgan fingerprint density at radius 2 is 2.50 bits per heavy atom. The van der Waals surface area contributed by atoms with E-state index < -0.39 is 5.79 Å². The second-order valence-corrected chi connectivity index (χ2v) is 2.61. The van der Waals surface area contributed by atoms with E-state index in [1.54, 1.807) is 6.20 Å². The summed E-state index contributed by atoms with van der Waals surface area (Å²) in [5, 5.41) is 2.64. The van der Waals surface area contributed by atoms with Crippen LogP contribution in [0.5, 0.6) is 0 Å². The number of hydrogen-bond donors (Lipinski definition) is 2. The van der Waals surface area contributed by atoms with E-state index in [0.717, 1.165) is 12.8 Å². The van der Waals surface area contributed by atoms with Crippen LogP contribution in [0.25, 0.3) is 0 Å². The van der Waals surface area contributed by atoms with Crippen LogP contribution < -0.4 is 11.1 Å². The van der Waals surface area contributed by atoms with E-state index in [1.807, 2.05) is 6.08 Å². The van der Waals surface area contributed by atoms with Gasteiger partial charge in [0.2, 0.25) is 0 Å². The highest BCUT2D eigenvalue weighted by Gasteiger charge is 2.25. The molecular formula is C7H13FN2. The summed E-state index contributed by atoms with van der Waals surface area (Å²) in [6.07, 6.45) is 5.91. The summed E-state index contributed by atoms with van der Waals surface area (Å²) >= 11 is 0. The predicted molar refractivity (Wildman–Crippen MR) is 39.0 cm³/mol. The van der Waals surface area contributed by atoms with Gasteiger partial charge >= 0.3 is 0 Å².